The Morgan fingerprint density at radius 1 is 1.18 bits per heavy atom. The first-order valence-electron chi connectivity index (χ1n) is 14.0. The Balaban J connectivity index is 1.66. The highest BCUT2D eigenvalue weighted by Crippen LogP contribution is 2.33. The van der Waals surface area contributed by atoms with Crippen molar-refractivity contribution in [3.63, 3.8) is 0 Å². The monoisotopic (exact) mass is 536 g/mol. The Hall–Kier alpha value is -2.43. The summed E-state index contributed by atoms with van der Waals surface area (Å²) in [4.78, 5) is 26.6. The Bertz CT molecular complexity index is 869. The molecule has 4 atom stereocenters. The number of nitrogens with one attached hydrogen (secondary N) is 3. The predicted octanol–water partition coefficient (Wildman–Crippen LogP) is 3.58. The van der Waals surface area contributed by atoms with E-state index in [-0.39, 0.29) is 37.0 Å². The number of benzene rings is 1. The van der Waals surface area contributed by atoms with Crippen molar-refractivity contribution in [1.29, 1.82) is 0 Å². The fraction of sp³-hybridized carbons (Fsp3) is 0.714. The highest BCUT2D eigenvalue weighted by molar-refractivity contribution is 5.74. The Labute approximate surface area is 225 Å². The summed E-state index contributed by atoms with van der Waals surface area (Å²) in [5.41, 5.74) is 0.704. The number of alkyl carbamates (subject to hydrolysis) is 1. The highest BCUT2D eigenvalue weighted by atomic mass is 19.1. The van der Waals surface area contributed by atoms with E-state index in [0.29, 0.717) is 31.1 Å². The quantitative estimate of drug-likeness (QED) is 0.304. The van der Waals surface area contributed by atoms with Crippen LogP contribution in [-0.4, -0.2) is 81.2 Å². The van der Waals surface area contributed by atoms with Gasteiger partial charge in [-0.3, -0.25) is 0 Å². The Kier molecular flexibility index (Phi) is 12.6. The number of likely N-dealkylation sites (N-methyl/N-ethyl adjacent to an activating group) is 1. The molecule has 9 nitrogen and oxygen atoms in total. The number of carbonyl (C=O) groups excluding carboxylic acids is 2. The topological polar surface area (TPSA) is 112 Å². The summed E-state index contributed by atoms with van der Waals surface area (Å²) in [6.45, 7) is 1.95. The van der Waals surface area contributed by atoms with Gasteiger partial charge in [0.25, 0.3) is 0 Å². The molecule has 3 rings (SSSR count). The number of rotatable bonds is 12. The molecule has 3 amide bonds. The number of urea groups is 1. The van der Waals surface area contributed by atoms with E-state index in [1.54, 1.807) is 18.0 Å². The molecule has 214 valence electrons. The Morgan fingerprint density at radius 3 is 2.68 bits per heavy atom. The third-order valence-electron chi connectivity index (χ3n) is 7.70. The van der Waals surface area contributed by atoms with Crippen molar-refractivity contribution in [1.82, 2.24) is 20.9 Å². The fourth-order valence-electron chi connectivity index (χ4n) is 5.74. The summed E-state index contributed by atoms with van der Waals surface area (Å²) in [5.74, 6) is 0.116. The summed E-state index contributed by atoms with van der Waals surface area (Å²) in [7, 11) is 3.09. The summed E-state index contributed by atoms with van der Waals surface area (Å²) < 4.78 is 24.8. The molecule has 1 aromatic rings. The zero-order valence-corrected chi connectivity index (χ0v) is 22.8. The molecule has 2 fully saturated rings. The number of likely N-dealkylation sites (tertiary alicyclic amines) is 1. The number of amides is 3. The number of aliphatic hydroxyl groups excluding tert-OH is 1. The maximum Gasteiger partial charge on any atom is 0.406 e. The smallest absolute Gasteiger partial charge is 0.406 e. The minimum Gasteiger partial charge on any atom is -0.453 e. The molecule has 1 aromatic carbocycles. The molecule has 0 aromatic heterocycles. The standard InChI is InChI=1S/C28H45FN4O5/c1-30-18-25(34)24(16-20-8-4-3-5-9-20)32-27(35)33-14-7-11-22(19-33)26(21-10-6-12-23(29)17-21)38-15-13-31-28(36)37-2/h6,10,12,17,20,22,24-26,30,34H,3-5,7-9,11,13-16,18-19H2,1-2H3,(H,31,36)(H,32,35)/t22-,24?,25?,26+/m1/s1. The van der Waals surface area contributed by atoms with Gasteiger partial charge in [-0.2, -0.15) is 0 Å². The molecule has 0 bridgehead atoms. The fourth-order valence-corrected chi connectivity index (χ4v) is 5.74. The van der Waals surface area contributed by atoms with Gasteiger partial charge >= 0.3 is 12.1 Å². The van der Waals surface area contributed by atoms with Crippen LogP contribution in [0, 0.1) is 17.7 Å². The van der Waals surface area contributed by atoms with Gasteiger partial charge in [0.2, 0.25) is 0 Å². The van der Waals surface area contributed by atoms with Crippen LogP contribution in [0.4, 0.5) is 14.0 Å². The Morgan fingerprint density at radius 2 is 1.97 bits per heavy atom. The molecule has 1 saturated heterocycles. The van der Waals surface area contributed by atoms with Crippen LogP contribution in [0.2, 0.25) is 0 Å². The van der Waals surface area contributed by atoms with Crippen LogP contribution >= 0.6 is 0 Å². The van der Waals surface area contributed by atoms with Gasteiger partial charge in [-0.15, -0.1) is 0 Å². The van der Waals surface area contributed by atoms with E-state index in [1.807, 2.05) is 6.07 Å². The minimum atomic E-state index is -0.669. The first-order valence-corrected chi connectivity index (χ1v) is 14.0. The molecular formula is C28H45FN4O5. The number of hydrogen-bond acceptors (Lipinski definition) is 6. The molecule has 10 heteroatoms. The number of methoxy groups -OCH3 is 1. The van der Waals surface area contributed by atoms with Crippen LogP contribution in [0.1, 0.15) is 63.0 Å². The van der Waals surface area contributed by atoms with Crippen molar-refractivity contribution in [2.75, 3.05) is 46.9 Å². The van der Waals surface area contributed by atoms with Crippen LogP contribution in [0.5, 0.6) is 0 Å². The zero-order chi connectivity index (χ0) is 27.3. The number of aliphatic hydroxyl groups is 1. The summed E-state index contributed by atoms with van der Waals surface area (Å²) in [5, 5.41) is 19.5. The second kappa shape index (κ2) is 15.9. The summed E-state index contributed by atoms with van der Waals surface area (Å²) in [6.07, 6.45) is 6.69. The number of halogens is 1. The third kappa shape index (κ3) is 9.39. The van der Waals surface area contributed by atoms with Gasteiger partial charge in [-0.05, 0) is 49.9 Å². The molecule has 2 aliphatic rings. The lowest BCUT2D eigenvalue weighted by atomic mass is 9.83. The number of piperidine rings is 1. The van der Waals surface area contributed by atoms with Gasteiger partial charge in [0.15, 0.2) is 0 Å². The van der Waals surface area contributed by atoms with Crippen molar-refractivity contribution < 1.29 is 28.6 Å². The summed E-state index contributed by atoms with van der Waals surface area (Å²) >= 11 is 0. The third-order valence-corrected chi connectivity index (χ3v) is 7.70. The minimum absolute atomic E-state index is 0.0477. The van der Waals surface area contributed by atoms with E-state index in [1.165, 1.54) is 38.5 Å². The van der Waals surface area contributed by atoms with E-state index >= 15 is 0 Å². The lowest BCUT2D eigenvalue weighted by molar-refractivity contribution is -0.00920. The van der Waals surface area contributed by atoms with Crippen LogP contribution < -0.4 is 16.0 Å². The lowest BCUT2D eigenvalue weighted by Gasteiger charge is -2.38. The van der Waals surface area contributed by atoms with E-state index in [2.05, 4.69) is 20.7 Å². The van der Waals surface area contributed by atoms with Gasteiger partial charge in [-0.1, -0.05) is 44.2 Å². The predicted molar refractivity (Wildman–Crippen MR) is 143 cm³/mol. The molecule has 0 spiro atoms. The second-order valence-corrected chi connectivity index (χ2v) is 10.5. The van der Waals surface area contributed by atoms with E-state index in [0.717, 1.165) is 32.1 Å². The van der Waals surface area contributed by atoms with Gasteiger partial charge in [0.1, 0.15) is 5.82 Å². The normalized spacial score (nSPS) is 20.8. The SMILES string of the molecule is CNCC(O)C(CC1CCCCC1)NC(=O)N1CCC[C@@H]([C@@H](OCCNC(=O)OC)c2cccc(F)c2)C1. The van der Waals surface area contributed by atoms with Gasteiger partial charge in [-0.25, -0.2) is 14.0 Å². The average molecular weight is 537 g/mol. The number of nitrogens with zero attached hydrogens (tertiary/aromatic N) is 1. The van der Waals surface area contributed by atoms with E-state index in [4.69, 9.17) is 4.74 Å². The van der Waals surface area contributed by atoms with Crippen molar-refractivity contribution >= 4 is 12.1 Å². The number of hydrogen-bond donors (Lipinski definition) is 4. The molecule has 1 saturated carbocycles. The van der Waals surface area contributed by atoms with Gasteiger partial charge < -0.3 is 35.4 Å². The number of carbonyl (C=O) groups is 2. The van der Waals surface area contributed by atoms with Crippen molar-refractivity contribution in [2.45, 2.75) is 69.6 Å². The van der Waals surface area contributed by atoms with Gasteiger partial charge in [0.05, 0.1) is 32.0 Å². The zero-order valence-electron chi connectivity index (χ0n) is 22.8. The second-order valence-electron chi connectivity index (χ2n) is 10.5. The molecule has 1 aliphatic carbocycles. The van der Waals surface area contributed by atoms with Crippen LogP contribution in [0.15, 0.2) is 24.3 Å². The largest absolute Gasteiger partial charge is 0.453 e. The van der Waals surface area contributed by atoms with E-state index < -0.39 is 18.3 Å². The van der Waals surface area contributed by atoms with Crippen LogP contribution in [0.25, 0.3) is 0 Å². The van der Waals surface area contributed by atoms with Crippen molar-refractivity contribution in [3.8, 4) is 0 Å². The van der Waals surface area contributed by atoms with Crippen molar-refractivity contribution in [3.05, 3.63) is 35.6 Å². The van der Waals surface area contributed by atoms with Crippen LogP contribution in [0.3, 0.4) is 0 Å². The highest BCUT2D eigenvalue weighted by Gasteiger charge is 2.33. The average Bonchev–Trinajstić information content (AvgIpc) is 2.93. The lowest BCUT2D eigenvalue weighted by Crippen LogP contribution is -2.54. The molecule has 38 heavy (non-hydrogen) atoms. The van der Waals surface area contributed by atoms with Crippen molar-refractivity contribution in [2.24, 2.45) is 11.8 Å². The van der Waals surface area contributed by atoms with Gasteiger partial charge in [0, 0.05) is 32.1 Å². The number of ether oxygens (including phenoxy) is 2. The molecular weight excluding hydrogens is 491 g/mol. The van der Waals surface area contributed by atoms with Crippen LogP contribution in [-0.2, 0) is 9.47 Å². The maximum atomic E-state index is 14.1. The maximum absolute atomic E-state index is 14.1. The molecule has 1 aliphatic heterocycles. The molecule has 4 N–H and O–H groups in total. The summed E-state index contributed by atoms with van der Waals surface area (Å²) in [6, 6.07) is 5.83. The molecule has 0 radical (unpaired) electrons. The first kappa shape index (κ1) is 30.1. The molecule has 2 unspecified atom stereocenters. The first-order chi connectivity index (χ1) is 18.4. The van der Waals surface area contributed by atoms with E-state index in [9.17, 15) is 19.1 Å². The molecule has 1 heterocycles.